The van der Waals surface area contributed by atoms with E-state index in [2.05, 4.69) is 103 Å². The monoisotopic (exact) mass is 581 g/mol. The zero-order valence-corrected chi connectivity index (χ0v) is 24.3. The molecule has 3 heterocycles. The molecule has 0 fully saturated rings. The minimum atomic E-state index is 0.589. The summed E-state index contributed by atoms with van der Waals surface area (Å²) in [5, 5.41) is 5.60. The van der Waals surface area contributed by atoms with Crippen LogP contribution in [0.3, 0.4) is 0 Å². The standard InChI is InChI=1S/C39H23N3OS/c1-2-9-24(10-3-1)25-17-18-27-22-29(20-19-26(27)21-25)37-40-38(42-39(41-37)35-23-28-11-4-7-16-34(28)44-35)32-14-8-13-31-30-12-5-6-15-33(30)43-36(31)32/h1-23H. The molecular weight excluding hydrogens is 559 g/mol. The van der Waals surface area contributed by atoms with Crippen molar-refractivity contribution in [3.8, 4) is 44.6 Å². The lowest BCUT2D eigenvalue weighted by Crippen LogP contribution is -1.99. The normalized spacial score (nSPS) is 11.6. The number of benzene rings is 6. The van der Waals surface area contributed by atoms with Gasteiger partial charge in [-0.25, -0.2) is 15.0 Å². The van der Waals surface area contributed by atoms with Crippen LogP contribution < -0.4 is 0 Å². The van der Waals surface area contributed by atoms with Crippen LogP contribution in [0.5, 0.6) is 0 Å². The molecule has 4 nitrogen and oxygen atoms in total. The summed E-state index contributed by atoms with van der Waals surface area (Å²) in [5.41, 5.74) is 5.80. The highest BCUT2D eigenvalue weighted by molar-refractivity contribution is 7.22. The molecule has 0 bridgehead atoms. The summed E-state index contributed by atoms with van der Waals surface area (Å²) >= 11 is 1.69. The van der Waals surface area contributed by atoms with Crippen LogP contribution >= 0.6 is 11.3 Å². The Kier molecular flexibility index (Phi) is 5.64. The van der Waals surface area contributed by atoms with Crippen molar-refractivity contribution in [1.82, 2.24) is 15.0 Å². The predicted octanol–water partition coefficient (Wildman–Crippen LogP) is 10.8. The van der Waals surface area contributed by atoms with Gasteiger partial charge in [0.05, 0.1) is 10.4 Å². The van der Waals surface area contributed by atoms with E-state index in [1.54, 1.807) is 11.3 Å². The van der Waals surface area contributed by atoms with E-state index in [0.717, 1.165) is 43.3 Å². The number of thiophene rings is 1. The highest BCUT2D eigenvalue weighted by Crippen LogP contribution is 2.38. The van der Waals surface area contributed by atoms with Crippen LogP contribution in [0.2, 0.25) is 0 Å². The first-order chi connectivity index (χ1) is 21.8. The van der Waals surface area contributed by atoms with Gasteiger partial charge in [-0.2, -0.15) is 0 Å². The molecule has 9 aromatic rings. The quantitative estimate of drug-likeness (QED) is 0.207. The van der Waals surface area contributed by atoms with Crippen molar-refractivity contribution in [1.29, 1.82) is 0 Å². The van der Waals surface area contributed by atoms with Crippen LogP contribution in [0.25, 0.3) is 87.4 Å². The van der Waals surface area contributed by atoms with Crippen LogP contribution in [0.1, 0.15) is 0 Å². The van der Waals surface area contributed by atoms with Gasteiger partial charge in [-0.1, -0.05) is 103 Å². The van der Waals surface area contributed by atoms with Crippen molar-refractivity contribution >= 4 is 54.1 Å². The number of furan rings is 1. The highest BCUT2D eigenvalue weighted by Gasteiger charge is 2.18. The minimum absolute atomic E-state index is 0.589. The Hall–Kier alpha value is -5.65. The molecule has 0 spiro atoms. The molecule has 0 unspecified atom stereocenters. The molecule has 0 radical (unpaired) electrons. The largest absolute Gasteiger partial charge is 0.455 e. The first-order valence-electron chi connectivity index (χ1n) is 14.5. The van der Waals surface area contributed by atoms with Gasteiger partial charge in [0.25, 0.3) is 0 Å². The second-order valence-corrected chi connectivity index (χ2v) is 12.0. The Bertz CT molecular complexity index is 2480. The second-order valence-electron chi connectivity index (χ2n) is 10.9. The van der Waals surface area contributed by atoms with Gasteiger partial charge in [-0.15, -0.1) is 11.3 Å². The topological polar surface area (TPSA) is 51.8 Å². The van der Waals surface area contributed by atoms with E-state index >= 15 is 0 Å². The molecule has 9 rings (SSSR count). The number of hydrogen-bond donors (Lipinski definition) is 0. The first kappa shape index (κ1) is 24.9. The summed E-state index contributed by atoms with van der Waals surface area (Å²) in [5.74, 6) is 1.87. The van der Waals surface area contributed by atoms with Crippen molar-refractivity contribution < 1.29 is 4.42 Å². The third-order valence-corrected chi connectivity index (χ3v) is 9.24. The Morgan fingerprint density at radius 2 is 1.16 bits per heavy atom. The number of rotatable bonds is 4. The van der Waals surface area contributed by atoms with Gasteiger partial charge in [-0.05, 0) is 63.7 Å². The zero-order chi connectivity index (χ0) is 29.0. The van der Waals surface area contributed by atoms with Crippen LogP contribution in [0.15, 0.2) is 144 Å². The van der Waals surface area contributed by atoms with Gasteiger partial charge in [0, 0.05) is 21.0 Å². The number of nitrogens with zero attached hydrogens (tertiary/aromatic N) is 3. The second kappa shape index (κ2) is 9.97. The zero-order valence-electron chi connectivity index (χ0n) is 23.4. The average Bonchev–Trinajstić information content (AvgIpc) is 3.70. The molecule has 6 aromatic carbocycles. The summed E-state index contributed by atoms with van der Waals surface area (Å²) in [4.78, 5) is 16.2. The first-order valence-corrected chi connectivity index (χ1v) is 15.3. The summed E-state index contributed by atoms with van der Waals surface area (Å²) in [6.45, 7) is 0. The van der Waals surface area contributed by atoms with Crippen molar-refractivity contribution in [3.63, 3.8) is 0 Å². The molecular formula is C39H23N3OS. The summed E-state index contributed by atoms with van der Waals surface area (Å²) < 4.78 is 7.58. The van der Waals surface area contributed by atoms with Gasteiger partial charge < -0.3 is 4.42 Å². The van der Waals surface area contributed by atoms with Crippen molar-refractivity contribution in [3.05, 3.63) is 140 Å². The molecule has 0 atom stereocenters. The number of aromatic nitrogens is 3. The third-order valence-electron chi connectivity index (χ3n) is 8.13. The van der Waals surface area contributed by atoms with Gasteiger partial charge in [-0.3, -0.25) is 0 Å². The molecule has 0 saturated carbocycles. The van der Waals surface area contributed by atoms with Crippen LogP contribution in [-0.2, 0) is 0 Å². The fourth-order valence-corrected chi connectivity index (χ4v) is 6.94. The predicted molar refractivity (Wildman–Crippen MR) is 182 cm³/mol. The van der Waals surface area contributed by atoms with Crippen LogP contribution in [0, 0.1) is 0 Å². The smallest absolute Gasteiger partial charge is 0.174 e. The minimum Gasteiger partial charge on any atom is -0.455 e. The Balaban J connectivity index is 1.24. The van der Waals surface area contributed by atoms with E-state index in [-0.39, 0.29) is 0 Å². The molecule has 0 aliphatic carbocycles. The maximum Gasteiger partial charge on any atom is 0.174 e. The molecule has 3 aromatic heterocycles. The molecule has 206 valence electrons. The third kappa shape index (κ3) is 4.17. The van der Waals surface area contributed by atoms with Gasteiger partial charge in [0.1, 0.15) is 11.2 Å². The lowest BCUT2D eigenvalue weighted by molar-refractivity contribution is 0.669. The van der Waals surface area contributed by atoms with Gasteiger partial charge in [0.2, 0.25) is 0 Å². The number of fused-ring (bicyclic) bond motifs is 5. The molecule has 0 N–H and O–H groups in total. The van der Waals surface area contributed by atoms with Crippen LogP contribution in [0.4, 0.5) is 0 Å². The van der Waals surface area contributed by atoms with E-state index in [4.69, 9.17) is 19.4 Å². The average molecular weight is 582 g/mol. The van der Waals surface area contributed by atoms with Crippen molar-refractivity contribution in [2.75, 3.05) is 0 Å². The Morgan fingerprint density at radius 1 is 0.455 bits per heavy atom. The summed E-state index contributed by atoms with van der Waals surface area (Å²) in [6.07, 6.45) is 0. The molecule has 5 heteroatoms. The maximum absolute atomic E-state index is 6.38. The van der Waals surface area contributed by atoms with E-state index in [1.165, 1.54) is 26.6 Å². The highest BCUT2D eigenvalue weighted by atomic mass is 32.1. The van der Waals surface area contributed by atoms with E-state index < -0.39 is 0 Å². The van der Waals surface area contributed by atoms with Crippen molar-refractivity contribution in [2.24, 2.45) is 0 Å². The molecule has 0 aliphatic rings. The molecule has 0 amide bonds. The molecule has 44 heavy (non-hydrogen) atoms. The van der Waals surface area contributed by atoms with E-state index in [9.17, 15) is 0 Å². The fraction of sp³-hybridized carbons (Fsp3) is 0. The fourth-order valence-electron chi connectivity index (χ4n) is 5.95. The Labute approximate surface area is 256 Å². The van der Waals surface area contributed by atoms with E-state index in [0.29, 0.717) is 17.5 Å². The van der Waals surface area contributed by atoms with Gasteiger partial charge >= 0.3 is 0 Å². The summed E-state index contributed by atoms with van der Waals surface area (Å²) in [7, 11) is 0. The number of hydrogen-bond acceptors (Lipinski definition) is 5. The Morgan fingerprint density at radius 3 is 2.05 bits per heavy atom. The SMILES string of the molecule is c1ccc(-c2ccc3cc(-c4nc(-c5cc6ccccc6s5)nc(-c5cccc6c5oc5ccccc56)n4)ccc3c2)cc1. The lowest BCUT2D eigenvalue weighted by atomic mass is 10.00. The van der Waals surface area contributed by atoms with E-state index in [1.807, 2.05) is 36.4 Å². The molecule has 0 saturated heterocycles. The van der Waals surface area contributed by atoms with Gasteiger partial charge in [0.15, 0.2) is 17.5 Å². The maximum atomic E-state index is 6.38. The molecule has 0 aliphatic heterocycles. The number of para-hydroxylation sites is 2. The van der Waals surface area contributed by atoms with Crippen molar-refractivity contribution in [2.45, 2.75) is 0 Å². The van der Waals surface area contributed by atoms with Crippen LogP contribution in [-0.4, -0.2) is 15.0 Å². The lowest BCUT2D eigenvalue weighted by Gasteiger charge is -2.09. The summed E-state index contributed by atoms with van der Waals surface area (Å²) in [6, 6.07) is 48.3.